The third-order valence-corrected chi connectivity index (χ3v) is 1.42. The van der Waals surface area contributed by atoms with Crippen LogP contribution in [0.2, 0.25) is 0 Å². The summed E-state index contributed by atoms with van der Waals surface area (Å²) in [7, 11) is 0. The first-order chi connectivity index (χ1) is 5.09. The van der Waals surface area contributed by atoms with E-state index in [0.29, 0.717) is 0 Å². The lowest BCUT2D eigenvalue weighted by Gasteiger charge is -2.28. The Morgan fingerprint density at radius 2 is 2.27 bits per heavy atom. The molecule has 2 unspecified atom stereocenters. The van der Waals surface area contributed by atoms with Crippen LogP contribution in [0.5, 0.6) is 0 Å². The predicted molar refractivity (Wildman–Crippen MR) is 36.4 cm³/mol. The van der Waals surface area contributed by atoms with Crippen molar-refractivity contribution in [2.75, 3.05) is 0 Å². The van der Waals surface area contributed by atoms with Gasteiger partial charge in [0.2, 0.25) is 6.29 Å². The quantitative estimate of drug-likeness (QED) is 0.559. The number of rotatable bonds is 1. The average molecular weight is 160 g/mol. The topological polar surface area (TPSA) is 55.8 Å². The minimum atomic E-state index is -0.997. The molecule has 0 aromatic carbocycles. The van der Waals surface area contributed by atoms with Crippen molar-refractivity contribution in [1.82, 2.24) is 0 Å². The summed E-state index contributed by atoms with van der Waals surface area (Å²) in [4.78, 5) is 10.7. The Morgan fingerprint density at radius 3 is 2.73 bits per heavy atom. The molecule has 0 aliphatic carbocycles. The number of hydrogen-bond acceptors (Lipinski definition) is 4. The molecule has 0 radical (unpaired) electrons. The maximum Gasteiger partial charge on any atom is 0.313 e. The van der Waals surface area contributed by atoms with E-state index >= 15 is 0 Å². The summed E-state index contributed by atoms with van der Waals surface area (Å²) >= 11 is 0. The number of aliphatic hydroxyl groups excluding tert-OH is 1. The number of hydrogen-bond donors (Lipinski definition) is 1. The summed E-state index contributed by atoms with van der Waals surface area (Å²) in [6.45, 7) is 3.71. The van der Waals surface area contributed by atoms with Gasteiger partial charge in [0.1, 0.15) is 0 Å². The number of esters is 1. The summed E-state index contributed by atoms with van der Waals surface area (Å²) in [5.74, 6) is -0.323. The van der Waals surface area contributed by atoms with E-state index in [1.54, 1.807) is 0 Å². The minimum absolute atomic E-state index is 0.0663. The monoisotopic (exact) mass is 160 g/mol. The Morgan fingerprint density at radius 1 is 1.64 bits per heavy atom. The fraction of sp³-hybridized carbons (Fsp3) is 0.857. The molecule has 4 nitrogen and oxygen atoms in total. The molecule has 0 aromatic rings. The number of carbonyl (C=O) groups excluding carboxylic acids is 1. The molecule has 1 saturated heterocycles. The highest BCUT2D eigenvalue weighted by atomic mass is 16.8. The fourth-order valence-electron chi connectivity index (χ4n) is 0.844. The molecular formula is C7H12O4. The third kappa shape index (κ3) is 2.17. The highest BCUT2D eigenvalue weighted by molar-refractivity contribution is 5.70. The number of aliphatic hydroxyl groups is 1. The average Bonchev–Trinajstić information content (AvgIpc) is 1.85. The van der Waals surface area contributed by atoms with E-state index in [2.05, 4.69) is 0 Å². The van der Waals surface area contributed by atoms with Gasteiger partial charge in [-0.1, -0.05) is 13.8 Å². The van der Waals surface area contributed by atoms with E-state index in [-0.39, 0.29) is 12.3 Å². The minimum Gasteiger partial charge on any atom is -0.435 e. The molecule has 0 bridgehead atoms. The van der Waals surface area contributed by atoms with Crippen LogP contribution in [0.1, 0.15) is 20.3 Å². The zero-order chi connectivity index (χ0) is 8.43. The maximum absolute atomic E-state index is 10.7. The molecule has 0 saturated carbocycles. The summed E-state index contributed by atoms with van der Waals surface area (Å²) in [6, 6.07) is 0. The molecule has 1 fully saturated rings. The van der Waals surface area contributed by atoms with Crippen LogP contribution in [0.15, 0.2) is 0 Å². The van der Waals surface area contributed by atoms with Crippen LogP contribution in [-0.2, 0) is 14.3 Å². The van der Waals surface area contributed by atoms with Gasteiger partial charge >= 0.3 is 5.97 Å². The van der Waals surface area contributed by atoms with Crippen LogP contribution in [-0.4, -0.2) is 23.7 Å². The van der Waals surface area contributed by atoms with Crippen LogP contribution < -0.4 is 0 Å². The molecular weight excluding hydrogens is 148 g/mol. The number of ether oxygens (including phenoxy) is 2. The first kappa shape index (κ1) is 8.49. The lowest BCUT2D eigenvalue weighted by molar-refractivity contribution is -0.267. The predicted octanol–water partition coefficient (Wildman–Crippen LogP) is 0.250. The molecule has 0 amide bonds. The van der Waals surface area contributed by atoms with Crippen molar-refractivity contribution >= 4 is 5.97 Å². The largest absolute Gasteiger partial charge is 0.435 e. The van der Waals surface area contributed by atoms with Crippen molar-refractivity contribution in [1.29, 1.82) is 0 Å². The molecule has 11 heavy (non-hydrogen) atoms. The molecule has 0 spiro atoms. The normalized spacial score (nSPS) is 32.2. The Hall–Kier alpha value is -0.610. The van der Waals surface area contributed by atoms with E-state index in [1.807, 2.05) is 13.8 Å². The fourth-order valence-corrected chi connectivity index (χ4v) is 0.844. The zero-order valence-electron chi connectivity index (χ0n) is 6.61. The third-order valence-electron chi connectivity index (χ3n) is 1.42. The molecule has 1 aliphatic rings. The maximum atomic E-state index is 10.7. The second kappa shape index (κ2) is 3.19. The smallest absolute Gasteiger partial charge is 0.313 e. The van der Waals surface area contributed by atoms with Crippen molar-refractivity contribution in [2.45, 2.75) is 32.8 Å². The van der Waals surface area contributed by atoms with Crippen LogP contribution in [0.4, 0.5) is 0 Å². The second-order valence-corrected chi connectivity index (χ2v) is 2.90. The Bertz CT molecular complexity index is 155. The molecule has 2 atom stereocenters. The van der Waals surface area contributed by atoms with E-state index in [4.69, 9.17) is 14.6 Å². The van der Waals surface area contributed by atoms with Crippen LogP contribution in [0.25, 0.3) is 0 Å². The van der Waals surface area contributed by atoms with Gasteiger partial charge in [0, 0.05) is 5.92 Å². The molecule has 1 N–H and O–H groups in total. The SMILES string of the molecule is CC(C)C1OC(=O)CC(O)O1. The van der Waals surface area contributed by atoms with Gasteiger partial charge in [0.05, 0.1) is 6.42 Å². The molecule has 64 valence electrons. The van der Waals surface area contributed by atoms with Crippen molar-refractivity contribution in [2.24, 2.45) is 5.92 Å². The highest BCUT2D eigenvalue weighted by Crippen LogP contribution is 2.17. The highest BCUT2D eigenvalue weighted by Gasteiger charge is 2.29. The first-order valence-corrected chi connectivity index (χ1v) is 3.62. The lowest BCUT2D eigenvalue weighted by Crippen LogP contribution is -2.38. The van der Waals surface area contributed by atoms with Gasteiger partial charge in [0.15, 0.2) is 6.29 Å². The van der Waals surface area contributed by atoms with Gasteiger partial charge in [-0.05, 0) is 0 Å². The second-order valence-electron chi connectivity index (χ2n) is 2.90. The molecule has 1 rings (SSSR count). The van der Waals surface area contributed by atoms with Crippen molar-refractivity contribution in [3.63, 3.8) is 0 Å². The summed E-state index contributed by atoms with van der Waals surface area (Å²) in [5, 5.41) is 8.98. The molecule has 0 aromatic heterocycles. The summed E-state index contributed by atoms with van der Waals surface area (Å²) < 4.78 is 9.73. The van der Waals surface area contributed by atoms with Crippen LogP contribution in [0.3, 0.4) is 0 Å². The van der Waals surface area contributed by atoms with Gasteiger partial charge in [0.25, 0.3) is 0 Å². The summed E-state index contributed by atoms with van der Waals surface area (Å²) in [6.07, 6.45) is -1.65. The van der Waals surface area contributed by atoms with E-state index in [9.17, 15) is 4.79 Å². The Balaban J connectivity index is 2.49. The molecule has 4 heteroatoms. The van der Waals surface area contributed by atoms with Gasteiger partial charge < -0.3 is 14.6 Å². The number of cyclic esters (lactones) is 1. The Kier molecular flexibility index (Phi) is 2.46. The van der Waals surface area contributed by atoms with Gasteiger partial charge in [-0.15, -0.1) is 0 Å². The van der Waals surface area contributed by atoms with Crippen molar-refractivity contribution < 1.29 is 19.4 Å². The number of carbonyl (C=O) groups is 1. The summed E-state index contributed by atoms with van der Waals surface area (Å²) in [5.41, 5.74) is 0. The van der Waals surface area contributed by atoms with Gasteiger partial charge in [-0.3, -0.25) is 4.79 Å². The van der Waals surface area contributed by atoms with Crippen molar-refractivity contribution in [3.8, 4) is 0 Å². The van der Waals surface area contributed by atoms with Gasteiger partial charge in [-0.25, -0.2) is 0 Å². The van der Waals surface area contributed by atoms with E-state index in [1.165, 1.54) is 0 Å². The lowest BCUT2D eigenvalue weighted by atomic mass is 10.2. The molecule has 1 aliphatic heterocycles. The Labute approximate surface area is 65.1 Å². The standard InChI is InChI=1S/C7H12O4/c1-4(2)7-10-5(8)3-6(9)11-7/h4-5,7-8H,3H2,1-2H3. The van der Waals surface area contributed by atoms with E-state index < -0.39 is 18.5 Å². The first-order valence-electron chi connectivity index (χ1n) is 3.62. The zero-order valence-corrected chi connectivity index (χ0v) is 6.61. The van der Waals surface area contributed by atoms with Crippen molar-refractivity contribution in [3.05, 3.63) is 0 Å². The van der Waals surface area contributed by atoms with E-state index in [0.717, 1.165) is 0 Å². The van der Waals surface area contributed by atoms with Crippen LogP contribution >= 0.6 is 0 Å². The van der Waals surface area contributed by atoms with Crippen LogP contribution in [0, 0.1) is 5.92 Å². The van der Waals surface area contributed by atoms with Gasteiger partial charge in [-0.2, -0.15) is 0 Å². The molecule has 1 heterocycles.